The molecule has 1 unspecified atom stereocenters. The molecule has 8 heteroatoms. The molecule has 1 N–H and O–H groups in total. The SMILES string of the molecule is COCC1CCCN(Cc2ccc3c(c2)CN(C(=O)Cc2nc(-c4ccccc4)n[nH]2)CCO3)C1. The Morgan fingerprint density at radius 3 is 2.94 bits per heavy atom. The fourth-order valence-corrected chi connectivity index (χ4v) is 5.03. The summed E-state index contributed by atoms with van der Waals surface area (Å²) >= 11 is 0. The number of aromatic nitrogens is 3. The minimum absolute atomic E-state index is 0.0149. The van der Waals surface area contributed by atoms with Gasteiger partial charge >= 0.3 is 0 Å². The Labute approximate surface area is 206 Å². The standard InChI is InChI=1S/C27H33N5O3/c1-34-19-21-6-5-11-31(17-21)16-20-9-10-24-23(14-20)18-32(12-13-35-24)26(33)15-25-28-27(30-29-25)22-7-3-2-4-8-22/h2-4,7-10,14,21H,5-6,11-13,15-19H2,1H3,(H,28,29,30). The number of nitrogens with zero attached hydrogens (tertiary/aromatic N) is 4. The molecule has 2 aliphatic heterocycles. The van der Waals surface area contributed by atoms with Crippen LogP contribution in [0.15, 0.2) is 48.5 Å². The Hall–Kier alpha value is -3.23. The summed E-state index contributed by atoms with van der Waals surface area (Å²) in [5.74, 6) is 2.66. The molecule has 8 nitrogen and oxygen atoms in total. The van der Waals surface area contributed by atoms with Gasteiger partial charge in [-0.25, -0.2) is 4.98 Å². The average molecular weight is 476 g/mol. The van der Waals surface area contributed by atoms with Gasteiger partial charge in [0.2, 0.25) is 5.91 Å². The number of carbonyl (C=O) groups is 1. The molecular weight excluding hydrogens is 442 g/mol. The molecule has 0 spiro atoms. The van der Waals surface area contributed by atoms with Crippen LogP contribution in [0.1, 0.15) is 29.8 Å². The van der Waals surface area contributed by atoms with Crippen LogP contribution in [0.2, 0.25) is 0 Å². The number of likely N-dealkylation sites (tertiary alicyclic amines) is 1. The maximum absolute atomic E-state index is 13.1. The highest BCUT2D eigenvalue weighted by atomic mass is 16.5. The van der Waals surface area contributed by atoms with Crippen molar-refractivity contribution in [3.05, 3.63) is 65.5 Å². The van der Waals surface area contributed by atoms with Crippen LogP contribution in [-0.4, -0.2) is 70.8 Å². The number of fused-ring (bicyclic) bond motifs is 1. The summed E-state index contributed by atoms with van der Waals surface area (Å²) in [5, 5.41) is 7.20. The van der Waals surface area contributed by atoms with Gasteiger partial charge in [-0.3, -0.25) is 14.8 Å². The lowest BCUT2D eigenvalue weighted by molar-refractivity contribution is -0.131. The fourth-order valence-electron chi connectivity index (χ4n) is 5.03. The van der Waals surface area contributed by atoms with Gasteiger partial charge in [-0.1, -0.05) is 36.4 Å². The monoisotopic (exact) mass is 475 g/mol. The predicted octanol–water partition coefficient (Wildman–Crippen LogP) is 3.29. The van der Waals surface area contributed by atoms with Gasteiger partial charge in [-0.15, -0.1) is 0 Å². The van der Waals surface area contributed by atoms with Crippen LogP contribution in [0.4, 0.5) is 0 Å². The number of piperidine rings is 1. The Balaban J connectivity index is 1.23. The molecule has 3 aromatic rings. The fraction of sp³-hybridized carbons (Fsp3) is 0.444. The van der Waals surface area contributed by atoms with E-state index in [1.165, 1.54) is 18.4 Å². The van der Waals surface area contributed by atoms with Crippen molar-refractivity contribution in [2.45, 2.75) is 32.4 Å². The minimum atomic E-state index is 0.0149. The van der Waals surface area contributed by atoms with Crippen molar-refractivity contribution in [1.29, 1.82) is 0 Å². The molecule has 0 radical (unpaired) electrons. The third-order valence-electron chi connectivity index (χ3n) is 6.75. The summed E-state index contributed by atoms with van der Waals surface area (Å²) in [4.78, 5) is 22.0. The van der Waals surface area contributed by atoms with E-state index in [1.807, 2.05) is 35.2 Å². The molecule has 2 aliphatic rings. The van der Waals surface area contributed by atoms with Gasteiger partial charge in [0.15, 0.2) is 5.82 Å². The first kappa shape index (κ1) is 23.5. The van der Waals surface area contributed by atoms with Crippen LogP contribution in [-0.2, 0) is 29.0 Å². The van der Waals surface area contributed by atoms with Crippen molar-refractivity contribution in [2.75, 3.05) is 40.0 Å². The van der Waals surface area contributed by atoms with Crippen molar-refractivity contribution in [3.63, 3.8) is 0 Å². The maximum Gasteiger partial charge on any atom is 0.230 e. The summed E-state index contributed by atoms with van der Waals surface area (Å²) in [7, 11) is 1.78. The van der Waals surface area contributed by atoms with Crippen molar-refractivity contribution >= 4 is 5.91 Å². The molecule has 0 saturated carbocycles. The highest BCUT2D eigenvalue weighted by Gasteiger charge is 2.23. The number of aromatic amines is 1. The first-order valence-electron chi connectivity index (χ1n) is 12.4. The number of hydrogen-bond donors (Lipinski definition) is 1. The molecule has 3 heterocycles. The Morgan fingerprint density at radius 2 is 2.09 bits per heavy atom. The van der Waals surface area contributed by atoms with Crippen LogP contribution in [0.25, 0.3) is 11.4 Å². The van der Waals surface area contributed by atoms with E-state index in [4.69, 9.17) is 9.47 Å². The van der Waals surface area contributed by atoms with E-state index in [9.17, 15) is 4.79 Å². The molecular formula is C27H33N5O3. The molecule has 1 atom stereocenters. The van der Waals surface area contributed by atoms with Gasteiger partial charge in [0.25, 0.3) is 0 Å². The number of ether oxygens (including phenoxy) is 2. The second kappa shape index (κ2) is 11.0. The first-order chi connectivity index (χ1) is 17.2. The summed E-state index contributed by atoms with van der Waals surface area (Å²) in [5.41, 5.74) is 3.23. The van der Waals surface area contributed by atoms with E-state index >= 15 is 0 Å². The zero-order chi connectivity index (χ0) is 24.0. The summed E-state index contributed by atoms with van der Waals surface area (Å²) in [6.45, 7) is 5.47. The van der Waals surface area contributed by atoms with Gasteiger partial charge in [-0.2, -0.15) is 5.10 Å². The van der Waals surface area contributed by atoms with E-state index in [-0.39, 0.29) is 12.3 Å². The molecule has 184 valence electrons. The number of H-pyrrole nitrogens is 1. The molecule has 0 bridgehead atoms. The van der Waals surface area contributed by atoms with Gasteiger partial charge in [-0.05, 0) is 43.0 Å². The van der Waals surface area contributed by atoms with E-state index in [1.54, 1.807) is 7.11 Å². The van der Waals surface area contributed by atoms with Gasteiger partial charge < -0.3 is 14.4 Å². The quantitative estimate of drug-likeness (QED) is 0.565. The van der Waals surface area contributed by atoms with Crippen LogP contribution >= 0.6 is 0 Å². The molecule has 0 aliphatic carbocycles. The lowest BCUT2D eigenvalue weighted by Gasteiger charge is -2.32. The Kier molecular flexibility index (Phi) is 7.39. The third-order valence-corrected chi connectivity index (χ3v) is 6.75. The second-order valence-corrected chi connectivity index (χ2v) is 9.45. The van der Waals surface area contributed by atoms with E-state index in [0.29, 0.717) is 37.3 Å². The number of nitrogens with one attached hydrogen (secondary N) is 1. The van der Waals surface area contributed by atoms with Gasteiger partial charge in [0.05, 0.1) is 19.6 Å². The molecule has 1 aromatic heterocycles. The number of hydrogen-bond acceptors (Lipinski definition) is 6. The smallest absolute Gasteiger partial charge is 0.230 e. The third kappa shape index (κ3) is 5.89. The zero-order valence-corrected chi connectivity index (χ0v) is 20.3. The van der Waals surface area contributed by atoms with Gasteiger partial charge in [0.1, 0.15) is 18.2 Å². The predicted molar refractivity (Wildman–Crippen MR) is 133 cm³/mol. The molecule has 2 aromatic carbocycles. The number of amides is 1. The van der Waals surface area contributed by atoms with E-state index in [2.05, 4.69) is 38.3 Å². The average Bonchev–Trinajstić information content (AvgIpc) is 3.23. The Morgan fingerprint density at radius 1 is 1.20 bits per heavy atom. The zero-order valence-electron chi connectivity index (χ0n) is 20.3. The number of rotatable bonds is 7. The van der Waals surface area contributed by atoms with Crippen molar-refractivity contribution in [2.24, 2.45) is 5.92 Å². The molecule has 1 amide bonds. The first-order valence-corrected chi connectivity index (χ1v) is 12.4. The second-order valence-electron chi connectivity index (χ2n) is 9.45. The van der Waals surface area contributed by atoms with Crippen LogP contribution in [0.3, 0.4) is 0 Å². The lowest BCUT2D eigenvalue weighted by atomic mass is 9.98. The van der Waals surface area contributed by atoms with Crippen molar-refractivity contribution in [3.8, 4) is 17.1 Å². The Bertz CT molecular complexity index is 1130. The molecule has 1 saturated heterocycles. The summed E-state index contributed by atoms with van der Waals surface area (Å²) < 4.78 is 11.4. The largest absolute Gasteiger partial charge is 0.491 e. The summed E-state index contributed by atoms with van der Waals surface area (Å²) in [6.07, 6.45) is 2.62. The number of benzene rings is 2. The molecule has 5 rings (SSSR count). The van der Waals surface area contributed by atoms with Crippen LogP contribution < -0.4 is 4.74 Å². The number of carbonyl (C=O) groups excluding carboxylic acids is 1. The lowest BCUT2D eigenvalue weighted by Crippen LogP contribution is -2.36. The highest BCUT2D eigenvalue weighted by Crippen LogP contribution is 2.26. The van der Waals surface area contributed by atoms with Crippen LogP contribution in [0, 0.1) is 5.92 Å². The minimum Gasteiger partial charge on any atom is -0.491 e. The molecule has 1 fully saturated rings. The van der Waals surface area contributed by atoms with E-state index < -0.39 is 0 Å². The van der Waals surface area contributed by atoms with Crippen molar-refractivity contribution < 1.29 is 14.3 Å². The maximum atomic E-state index is 13.1. The molecule has 35 heavy (non-hydrogen) atoms. The van der Waals surface area contributed by atoms with Gasteiger partial charge in [0, 0.05) is 37.9 Å². The van der Waals surface area contributed by atoms with Crippen molar-refractivity contribution in [1.82, 2.24) is 25.0 Å². The van der Waals surface area contributed by atoms with Crippen LogP contribution in [0.5, 0.6) is 5.75 Å². The topological polar surface area (TPSA) is 83.6 Å². The summed E-state index contributed by atoms with van der Waals surface area (Å²) in [6, 6.07) is 16.2. The normalized spacial score (nSPS) is 18.5. The highest BCUT2D eigenvalue weighted by molar-refractivity contribution is 5.78. The number of methoxy groups -OCH3 is 1. The van der Waals surface area contributed by atoms with E-state index in [0.717, 1.165) is 43.1 Å².